The summed E-state index contributed by atoms with van der Waals surface area (Å²) in [4.78, 5) is 18.9. The zero-order valence-corrected chi connectivity index (χ0v) is 14.0. The Bertz CT molecular complexity index is 719. The Morgan fingerprint density at radius 2 is 1.96 bits per heavy atom. The second-order valence-corrected chi connectivity index (χ2v) is 7.17. The number of thiazole rings is 1. The first kappa shape index (κ1) is 14.7. The van der Waals surface area contributed by atoms with Gasteiger partial charge in [-0.15, -0.1) is 11.3 Å². The molecule has 4 nitrogen and oxygen atoms in total. The van der Waals surface area contributed by atoms with Gasteiger partial charge in [-0.2, -0.15) is 0 Å². The van der Waals surface area contributed by atoms with Gasteiger partial charge in [0.25, 0.3) is 0 Å². The summed E-state index contributed by atoms with van der Waals surface area (Å²) in [7, 11) is 0. The number of aromatic nitrogens is 1. The predicted molar refractivity (Wildman–Crippen MR) is 95.2 cm³/mol. The maximum Gasteiger partial charge on any atom is 0.224 e. The second-order valence-electron chi connectivity index (χ2n) is 6.34. The molecule has 0 saturated carbocycles. The molecule has 4 rings (SSSR count). The van der Waals surface area contributed by atoms with Crippen LogP contribution in [0, 0.1) is 0 Å². The van der Waals surface area contributed by atoms with E-state index < -0.39 is 0 Å². The van der Waals surface area contributed by atoms with Crippen LogP contribution in [0.25, 0.3) is 11.3 Å². The van der Waals surface area contributed by atoms with Gasteiger partial charge in [0, 0.05) is 36.1 Å². The normalized spacial score (nSPS) is 18.3. The van der Waals surface area contributed by atoms with Crippen LogP contribution < -0.4 is 10.2 Å². The maximum atomic E-state index is 11.7. The molecular weight excluding hydrogens is 306 g/mol. The molecular formula is C18H21N3OS. The van der Waals surface area contributed by atoms with E-state index in [0.29, 0.717) is 6.42 Å². The van der Waals surface area contributed by atoms with Crippen LogP contribution in [-0.2, 0) is 11.2 Å². The summed E-state index contributed by atoms with van der Waals surface area (Å²) in [6, 6.07) is 6.28. The highest BCUT2D eigenvalue weighted by Crippen LogP contribution is 2.32. The molecule has 0 spiro atoms. The summed E-state index contributed by atoms with van der Waals surface area (Å²) in [5, 5.41) is 6.29. The predicted octanol–water partition coefficient (Wildman–Crippen LogP) is 4.08. The molecule has 1 fully saturated rings. The third-order valence-electron chi connectivity index (χ3n) is 4.64. The molecule has 1 saturated heterocycles. The molecule has 5 heteroatoms. The highest BCUT2D eigenvalue weighted by molar-refractivity contribution is 7.14. The van der Waals surface area contributed by atoms with Gasteiger partial charge in [0.15, 0.2) is 5.13 Å². The van der Waals surface area contributed by atoms with E-state index in [-0.39, 0.29) is 5.91 Å². The fourth-order valence-corrected chi connectivity index (χ4v) is 4.25. The summed E-state index contributed by atoms with van der Waals surface area (Å²) in [5.74, 6) is 0.123. The Kier molecular flexibility index (Phi) is 4.04. The third-order valence-corrected chi connectivity index (χ3v) is 5.55. The van der Waals surface area contributed by atoms with Crippen LogP contribution in [0.5, 0.6) is 0 Å². The first-order valence-electron chi connectivity index (χ1n) is 8.43. The van der Waals surface area contributed by atoms with Crippen LogP contribution in [0.15, 0.2) is 23.6 Å². The molecule has 1 aromatic heterocycles. The lowest BCUT2D eigenvalue weighted by molar-refractivity contribution is -0.116. The first-order chi connectivity index (χ1) is 11.3. The first-order valence-corrected chi connectivity index (χ1v) is 9.31. The Hall–Kier alpha value is -1.88. The van der Waals surface area contributed by atoms with Crippen molar-refractivity contribution >= 4 is 28.1 Å². The van der Waals surface area contributed by atoms with Gasteiger partial charge in [0.1, 0.15) is 0 Å². The van der Waals surface area contributed by atoms with E-state index in [1.165, 1.54) is 24.8 Å². The van der Waals surface area contributed by atoms with Gasteiger partial charge in [0.2, 0.25) is 5.91 Å². The number of hydrogen-bond acceptors (Lipinski definition) is 4. The van der Waals surface area contributed by atoms with Crippen molar-refractivity contribution < 1.29 is 4.79 Å². The second kappa shape index (κ2) is 6.32. The lowest BCUT2D eigenvalue weighted by Crippen LogP contribution is -2.29. The smallest absolute Gasteiger partial charge is 0.224 e. The molecule has 23 heavy (non-hydrogen) atoms. The maximum absolute atomic E-state index is 11.7. The molecule has 2 aromatic rings. The quantitative estimate of drug-likeness (QED) is 0.904. The molecule has 1 amide bonds. The topological polar surface area (TPSA) is 45.2 Å². The monoisotopic (exact) mass is 327 g/mol. The molecule has 0 unspecified atom stereocenters. The minimum atomic E-state index is 0.123. The number of benzene rings is 1. The van der Waals surface area contributed by atoms with E-state index in [0.717, 1.165) is 48.0 Å². The fourth-order valence-electron chi connectivity index (χ4n) is 3.36. The molecule has 0 atom stereocenters. The zero-order valence-electron chi connectivity index (χ0n) is 13.2. The molecule has 1 N–H and O–H groups in total. The number of aryl methyl sites for hydroxylation is 1. The van der Waals surface area contributed by atoms with Gasteiger partial charge in [0.05, 0.1) is 5.69 Å². The number of amides is 1. The number of carbonyl (C=O) groups excluding carboxylic acids is 1. The molecule has 0 radical (unpaired) electrons. The largest absolute Gasteiger partial charge is 0.348 e. The minimum Gasteiger partial charge on any atom is -0.348 e. The molecule has 3 heterocycles. The number of carbonyl (C=O) groups is 1. The van der Waals surface area contributed by atoms with E-state index in [9.17, 15) is 4.79 Å². The summed E-state index contributed by atoms with van der Waals surface area (Å²) in [6.07, 6.45) is 6.36. The molecule has 2 aliphatic heterocycles. The van der Waals surface area contributed by atoms with Gasteiger partial charge in [-0.05, 0) is 49.8 Å². The Labute approximate surface area is 140 Å². The van der Waals surface area contributed by atoms with Gasteiger partial charge in [-0.3, -0.25) is 4.79 Å². The van der Waals surface area contributed by atoms with Gasteiger partial charge >= 0.3 is 0 Å². The van der Waals surface area contributed by atoms with Crippen molar-refractivity contribution in [3.63, 3.8) is 0 Å². The fraction of sp³-hybridized carbons (Fsp3) is 0.444. The molecule has 0 aliphatic carbocycles. The van der Waals surface area contributed by atoms with Crippen molar-refractivity contribution in [1.82, 2.24) is 4.98 Å². The molecule has 120 valence electrons. The van der Waals surface area contributed by atoms with Gasteiger partial charge in [-0.1, -0.05) is 6.07 Å². The molecule has 1 aromatic carbocycles. The zero-order chi connectivity index (χ0) is 15.6. The molecule has 2 aliphatic rings. The van der Waals surface area contributed by atoms with Crippen LogP contribution in [-0.4, -0.2) is 24.0 Å². The Morgan fingerprint density at radius 3 is 2.83 bits per heavy atom. The van der Waals surface area contributed by atoms with Crippen molar-refractivity contribution in [3.05, 3.63) is 29.1 Å². The van der Waals surface area contributed by atoms with Crippen LogP contribution in [0.1, 0.15) is 37.7 Å². The Balaban J connectivity index is 1.60. The van der Waals surface area contributed by atoms with E-state index in [4.69, 9.17) is 4.98 Å². The van der Waals surface area contributed by atoms with Crippen LogP contribution in [0.4, 0.5) is 10.8 Å². The SMILES string of the molecule is O=C1CCCc2cc(-c3csc(N4CCCCC4)n3)ccc2N1. The number of anilines is 2. The lowest BCUT2D eigenvalue weighted by Gasteiger charge is -2.25. The van der Waals surface area contributed by atoms with Crippen molar-refractivity contribution in [1.29, 1.82) is 0 Å². The van der Waals surface area contributed by atoms with Gasteiger partial charge in [-0.25, -0.2) is 4.98 Å². The average molecular weight is 327 g/mol. The van der Waals surface area contributed by atoms with E-state index in [2.05, 4.69) is 27.7 Å². The lowest BCUT2D eigenvalue weighted by atomic mass is 10.0. The van der Waals surface area contributed by atoms with Crippen LogP contribution in [0.2, 0.25) is 0 Å². The van der Waals surface area contributed by atoms with Crippen LogP contribution in [0.3, 0.4) is 0 Å². The van der Waals surface area contributed by atoms with Crippen molar-refractivity contribution in [2.45, 2.75) is 38.5 Å². The van der Waals surface area contributed by atoms with Crippen molar-refractivity contribution in [2.24, 2.45) is 0 Å². The summed E-state index contributed by atoms with van der Waals surface area (Å²) in [5.41, 5.74) is 4.39. The number of piperidine rings is 1. The number of nitrogens with zero attached hydrogens (tertiary/aromatic N) is 2. The highest BCUT2D eigenvalue weighted by atomic mass is 32.1. The minimum absolute atomic E-state index is 0.123. The number of hydrogen-bond donors (Lipinski definition) is 1. The summed E-state index contributed by atoms with van der Waals surface area (Å²) in [6.45, 7) is 2.26. The standard InChI is InChI=1S/C18H21N3OS/c22-17-6-4-5-13-11-14(7-8-15(13)19-17)16-12-23-18(20-16)21-9-2-1-3-10-21/h7-8,11-12H,1-6,9-10H2,(H,19,22). The van der Waals surface area contributed by atoms with Crippen LogP contribution >= 0.6 is 11.3 Å². The van der Waals surface area contributed by atoms with E-state index in [1.807, 2.05) is 6.07 Å². The average Bonchev–Trinajstić information content (AvgIpc) is 2.99. The highest BCUT2D eigenvalue weighted by Gasteiger charge is 2.17. The number of rotatable bonds is 2. The van der Waals surface area contributed by atoms with E-state index in [1.54, 1.807) is 11.3 Å². The number of fused-ring (bicyclic) bond motifs is 1. The van der Waals surface area contributed by atoms with Crippen molar-refractivity contribution in [2.75, 3.05) is 23.3 Å². The van der Waals surface area contributed by atoms with Gasteiger partial charge < -0.3 is 10.2 Å². The Morgan fingerprint density at radius 1 is 1.09 bits per heavy atom. The summed E-state index contributed by atoms with van der Waals surface area (Å²) < 4.78 is 0. The van der Waals surface area contributed by atoms with E-state index >= 15 is 0 Å². The van der Waals surface area contributed by atoms with Crippen molar-refractivity contribution in [3.8, 4) is 11.3 Å². The third kappa shape index (κ3) is 3.11. The molecule has 0 bridgehead atoms. The number of nitrogens with one attached hydrogen (secondary N) is 1. The summed E-state index contributed by atoms with van der Waals surface area (Å²) >= 11 is 1.74.